The monoisotopic (exact) mass is 308 g/mol. The second-order valence-corrected chi connectivity index (χ2v) is 5.16. The van der Waals surface area contributed by atoms with Crippen LogP contribution in [0.25, 0.3) is 0 Å². The highest BCUT2D eigenvalue weighted by atomic mass is 19.2. The lowest BCUT2D eigenvalue weighted by atomic mass is 10.1. The van der Waals surface area contributed by atoms with Gasteiger partial charge in [0.25, 0.3) is 0 Å². The average Bonchev–Trinajstić information content (AvgIpc) is 2.96. The van der Waals surface area contributed by atoms with Gasteiger partial charge >= 0.3 is 0 Å². The van der Waals surface area contributed by atoms with Gasteiger partial charge in [0.05, 0.1) is 0 Å². The average molecular weight is 308 g/mol. The quantitative estimate of drug-likeness (QED) is 0.510. The summed E-state index contributed by atoms with van der Waals surface area (Å²) in [6, 6.07) is -0.00785. The highest BCUT2D eigenvalue weighted by molar-refractivity contribution is 5.50. The van der Waals surface area contributed by atoms with Crippen LogP contribution >= 0.6 is 0 Å². The van der Waals surface area contributed by atoms with Crippen LogP contribution in [0, 0.1) is 29.1 Å². The summed E-state index contributed by atoms with van der Waals surface area (Å²) < 4.78 is 67.5. The molecular weight excluding hydrogens is 291 g/mol. The lowest BCUT2D eigenvalue weighted by Crippen LogP contribution is -2.39. The highest BCUT2D eigenvalue weighted by Gasteiger charge is 2.30. The summed E-state index contributed by atoms with van der Waals surface area (Å²) in [6.07, 6.45) is 2.28. The fraction of sp³-hybridized carbons (Fsp3) is 0.571. The van der Waals surface area contributed by atoms with E-state index in [2.05, 4.69) is 5.32 Å². The fourth-order valence-electron chi connectivity index (χ4n) is 2.61. The second-order valence-electron chi connectivity index (χ2n) is 5.16. The molecule has 0 amide bonds. The molecule has 0 radical (unpaired) electrons. The molecule has 1 fully saturated rings. The van der Waals surface area contributed by atoms with Crippen LogP contribution in [0.5, 0.6) is 0 Å². The van der Waals surface area contributed by atoms with Gasteiger partial charge in [-0.3, -0.25) is 0 Å². The fourth-order valence-corrected chi connectivity index (χ4v) is 2.61. The number of halogens is 5. The van der Waals surface area contributed by atoms with Gasteiger partial charge in [-0.2, -0.15) is 0 Å². The molecule has 0 bridgehead atoms. The lowest BCUT2D eigenvalue weighted by Gasteiger charge is -2.28. The van der Waals surface area contributed by atoms with E-state index in [-0.39, 0.29) is 19.1 Å². The van der Waals surface area contributed by atoms with Crippen molar-refractivity contribution < 1.29 is 22.0 Å². The first-order valence-electron chi connectivity index (χ1n) is 6.97. The second kappa shape index (κ2) is 6.60. The van der Waals surface area contributed by atoms with Crippen molar-refractivity contribution in [3.05, 3.63) is 29.1 Å². The lowest BCUT2D eigenvalue weighted by molar-refractivity contribution is 0.377. The van der Waals surface area contributed by atoms with Crippen molar-refractivity contribution in [1.29, 1.82) is 0 Å². The Labute approximate surface area is 119 Å². The molecule has 1 saturated heterocycles. The number of hydrogen-bond acceptors (Lipinski definition) is 2. The van der Waals surface area contributed by atoms with Crippen molar-refractivity contribution in [1.82, 2.24) is 5.32 Å². The molecule has 0 spiro atoms. The maximum absolute atomic E-state index is 13.9. The Morgan fingerprint density at radius 1 is 1.00 bits per heavy atom. The van der Waals surface area contributed by atoms with Gasteiger partial charge in [-0.15, -0.1) is 0 Å². The van der Waals surface area contributed by atoms with E-state index in [0.717, 1.165) is 19.4 Å². The number of nitrogens with one attached hydrogen (secondary N) is 1. The van der Waals surface area contributed by atoms with Crippen LogP contribution in [-0.4, -0.2) is 25.7 Å². The summed E-state index contributed by atoms with van der Waals surface area (Å²) in [7, 11) is 0. The molecular formula is C14H17F5N2. The predicted molar refractivity (Wildman–Crippen MR) is 69.8 cm³/mol. The molecule has 1 N–H and O–H groups in total. The normalized spacial score (nSPS) is 18.3. The molecule has 1 aromatic rings. The molecule has 0 aromatic heterocycles. The SMILES string of the molecule is CCCN(CC1CCCN1)c1c(F)c(F)c(F)c(F)c1F. The number of benzene rings is 1. The zero-order valence-electron chi connectivity index (χ0n) is 11.7. The summed E-state index contributed by atoms with van der Waals surface area (Å²) in [5.41, 5.74) is -0.832. The minimum absolute atomic E-state index is 0.00785. The molecule has 1 aliphatic heterocycles. The van der Waals surface area contributed by atoms with Gasteiger partial charge in [0.2, 0.25) is 5.82 Å². The summed E-state index contributed by atoms with van der Waals surface area (Å²) >= 11 is 0. The Morgan fingerprint density at radius 3 is 2.05 bits per heavy atom. The van der Waals surface area contributed by atoms with Gasteiger partial charge in [0.1, 0.15) is 5.69 Å². The third-order valence-electron chi connectivity index (χ3n) is 3.60. The van der Waals surface area contributed by atoms with Crippen molar-refractivity contribution in [2.75, 3.05) is 24.5 Å². The molecule has 1 unspecified atom stereocenters. The van der Waals surface area contributed by atoms with E-state index < -0.39 is 34.8 Å². The van der Waals surface area contributed by atoms with Gasteiger partial charge in [-0.05, 0) is 25.8 Å². The van der Waals surface area contributed by atoms with Crippen molar-refractivity contribution >= 4 is 5.69 Å². The van der Waals surface area contributed by atoms with E-state index in [1.807, 2.05) is 0 Å². The van der Waals surface area contributed by atoms with Crippen molar-refractivity contribution in [2.45, 2.75) is 32.2 Å². The number of anilines is 1. The van der Waals surface area contributed by atoms with Crippen molar-refractivity contribution in [3.8, 4) is 0 Å². The van der Waals surface area contributed by atoms with Crippen LogP contribution in [0.3, 0.4) is 0 Å². The summed E-state index contributed by atoms with van der Waals surface area (Å²) in [5, 5.41) is 3.15. The van der Waals surface area contributed by atoms with E-state index in [4.69, 9.17) is 0 Å². The van der Waals surface area contributed by atoms with Crippen molar-refractivity contribution in [3.63, 3.8) is 0 Å². The van der Waals surface area contributed by atoms with Gasteiger partial charge in [-0.25, -0.2) is 22.0 Å². The van der Waals surface area contributed by atoms with Gasteiger partial charge in [0.15, 0.2) is 23.3 Å². The zero-order chi connectivity index (χ0) is 15.6. The van der Waals surface area contributed by atoms with Gasteiger partial charge in [0, 0.05) is 19.1 Å². The van der Waals surface area contributed by atoms with Crippen LogP contribution < -0.4 is 10.2 Å². The Morgan fingerprint density at radius 2 is 1.57 bits per heavy atom. The van der Waals surface area contributed by atoms with Crippen LogP contribution in [0.4, 0.5) is 27.6 Å². The molecule has 0 aliphatic carbocycles. The van der Waals surface area contributed by atoms with E-state index in [1.54, 1.807) is 6.92 Å². The van der Waals surface area contributed by atoms with Crippen LogP contribution in [0.1, 0.15) is 26.2 Å². The summed E-state index contributed by atoms with van der Waals surface area (Å²) in [4.78, 5) is 1.24. The van der Waals surface area contributed by atoms with Crippen LogP contribution in [0.2, 0.25) is 0 Å². The maximum atomic E-state index is 13.9. The first-order valence-corrected chi connectivity index (χ1v) is 6.97. The Kier molecular flexibility index (Phi) is 5.03. The third kappa shape index (κ3) is 3.12. The number of hydrogen-bond donors (Lipinski definition) is 1. The molecule has 2 rings (SSSR count). The summed E-state index contributed by atoms with van der Waals surface area (Å²) in [6.45, 7) is 3.01. The summed E-state index contributed by atoms with van der Waals surface area (Å²) in [5.74, 6) is -9.45. The molecule has 118 valence electrons. The van der Waals surface area contributed by atoms with E-state index in [9.17, 15) is 22.0 Å². The molecule has 1 aromatic carbocycles. The molecule has 1 heterocycles. The topological polar surface area (TPSA) is 15.3 Å². The standard InChI is InChI=1S/C14H17F5N2/c1-2-6-21(7-8-4-3-5-20-8)14-12(18)10(16)9(15)11(17)13(14)19/h8,20H,2-7H2,1H3. The Hall–Kier alpha value is -1.37. The number of rotatable bonds is 5. The first-order chi connectivity index (χ1) is 9.97. The number of nitrogens with zero attached hydrogens (tertiary/aromatic N) is 1. The van der Waals surface area contributed by atoms with E-state index in [0.29, 0.717) is 6.42 Å². The van der Waals surface area contributed by atoms with Crippen LogP contribution in [-0.2, 0) is 0 Å². The molecule has 21 heavy (non-hydrogen) atoms. The zero-order valence-corrected chi connectivity index (χ0v) is 11.7. The first kappa shape index (κ1) is 16.0. The molecule has 1 atom stereocenters. The molecule has 2 nitrogen and oxygen atoms in total. The minimum atomic E-state index is -2.12. The minimum Gasteiger partial charge on any atom is -0.365 e. The Balaban J connectivity index is 2.39. The molecule has 0 saturated carbocycles. The van der Waals surface area contributed by atoms with E-state index in [1.165, 1.54) is 4.90 Å². The largest absolute Gasteiger partial charge is 0.365 e. The van der Waals surface area contributed by atoms with Crippen molar-refractivity contribution in [2.24, 2.45) is 0 Å². The maximum Gasteiger partial charge on any atom is 0.200 e. The predicted octanol–water partition coefficient (Wildman–Crippen LogP) is 3.35. The third-order valence-corrected chi connectivity index (χ3v) is 3.60. The van der Waals surface area contributed by atoms with Crippen LogP contribution in [0.15, 0.2) is 0 Å². The molecule has 7 heteroatoms. The highest BCUT2D eigenvalue weighted by Crippen LogP contribution is 2.30. The van der Waals surface area contributed by atoms with Gasteiger partial charge in [-0.1, -0.05) is 6.92 Å². The molecule has 1 aliphatic rings. The smallest absolute Gasteiger partial charge is 0.200 e. The van der Waals surface area contributed by atoms with E-state index >= 15 is 0 Å². The van der Waals surface area contributed by atoms with Gasteiger partial charge < -0.3 is 10.2 Å². The Bertz CT molecular complexity index is 486.